The number of ether oxygens (including phenoxy) is 1. The van der Waals surface area contributed by atoms with Crippen LogP contribution >= 0.6 is 0 Å². The van der Waals surface area contributed by atoms with Crippen LogP contribution in [0.2, 0.25) is 0 Å². The fourth-order valence-electron chi connectivity index (χ4n) is 2.88. The molecule has 0 aromatic heterocycles. The predicted octanol–water partition coefficient (Wildman–Crippen LogP) is 1.35. The molecule has 6 N–H and O–H groups in total. The van der Waals surface area contributed by atoms with Crippen LogP contribution < -0.4 is 5.32 Å². The van der Waals surface area contributed by atoms with Crippen molar-refractivity contribution in [3.63, 3.8) is 0 Å². The maximum atomic E-state index is 11.7. The Bertz CT molecular complexity index is 715. The van der Waals surface area contributed by atoms with Crippen molar-refractivity contribution in [3.05, 3.63) is 59.7 Å². The van der Waals surface area contributed by atoms with E-state index in [0.29, 0.717) is 0 Å². The molecule has 1 aliphatic carbocycles. The topological polar surface area (TPSA) is 139 Å². The fourth-order valence-corrected chi connectivity index (χ4v) is 2.88. The van der Waals surface area contributed by atoms with Crippen LogP contribution in [0.1, 0.15) is 24.0 Å². The summed E-state index contributed by atoms with van der Waals surface area (Å²) in [6.07, 6.45) is -0.721. The Kier molecular flexibility index (Phi) is 6.67. The Hall–Kier alpha value is -2.90. The number of carboxylic acid groups (broad SMARTS) is 1. The van der Waals surface area contributed by atoms with Gasteiger partial charge in [-0.1, -0.05) is 48.5 Å². The van der Waals surface area contributed by atoms with E-state index in [0.717, 1.165) is 22.3 Å². The largest absolute Gasteiger partial charge is 0.480 e. The van der Waals surface area contributed by atoms with Gasteiger partial charge in [0.1, 0.15) is 12.6 Å². The number of carbonyl (C=O) groups is 2. The molecule has 1 aliphatic rings. The second-order valence-electron chi connectivity index (χ2n) is 5.53. The minimum atomic E-state index is -1.10. The molecule has 0 aliphatic heterocycles. The first-order valence-corrected chi connectivity index (χ1v) is 7.42. The number of amides is 1. The van der Waals surface area contributed by atoms with E-state index in [-0.39, 0.29) is 23.5 Å². The first-order valence-electron chi connectivity index (χ1n) is 7.42. The Morgan fingerprint density at radius 1 is 1.04 bits per heavy atom. The first kappa shape index (κ1) is 20.1. The third kappa shape index (κ3) is 3.96. The van der Waals surface area contributed by atoms with Crippen LogP contribution in [-0.4, -0.2) is 40.8 Å². The Morgan fingerprint density at radius 2 is 1.52 bits per heavy atom. The summed E-state index contributed by atoms with van der Waals surface area (Å²) in [5.74, 6) is -1.13. The van der Waals surface area contributed by atoms with Crippen molar-refractivity contribution in [2.45, 2.75) is 18.9 Å². The number of nitrogens with one attached hydrogen (secondary N) is 1. The molecule has 1 atom stereocenters. The summed E-state index contributed by atoms with van der Waals surface area (Å²) in [6, 6.07) is 15.1. The maximum Gasteiger partial charge on any atom is 0.407 e. The molecule has 0 bridgehead atoms. The van der Waals surface area contributed by atoms with Gasteiger partial charge in [-0.25, -0.2) is 4.79 Å². The molecule has 2 aromatic rings. The number of hydrogen-bond acceptors (Lipinski definition) is 3. The van der Waals surface area contributed by atoms with Gasteiger partial charge in [-0.15, -0.1) is 0 Å². The summed E-state index contributed by atoms with van der Waals surface area (Å²) in [5.41, 5.74) is 4.53. The highest BCUT2D eigenvalue weighted by molar-refractivity contribution is 5.80. The van der Waals surface area contributed by atoms with Crippen molar-refractivity contribution in [2.24, 2.45) is 0 Å². The molecule has 0 saturated carbocycles. The summed E-state index contributed by atoms with van der Waals surface area (Å²) in [4.78, 5) is 22.5. The normalized spacial score (nSPS) is 12.7. The molecule has 2 aromatic carbocycles. The molecule has 1 amide bonds. The van der Waals surface area contributed by atoms with Gasteiger partial charge in [-0.05, 0) is 29.2 Å². The van der Waals surface area contributed by atoms with E-state index in [2.05, 4.69) is 17.4 Å². The lowest BCUT2D eigenvalue weighted by Crippen LogP contribution is -2.39. The van der Waals surface area contributed by atoms with Gasteiger partial charge in [0.25, 0.3) is 0 Å². The van der Waals surface area contributed by atoms with Crippen LogP contribution in [0.5, 0.6) is 0 Å². The summed E-state index contributed by atoms with van der Waals surface area (Å²) in [5, 5.41) is 11.1. The van der Waals surface area contributed by atoms with Crippen molar-refractivity contribution in [2.75, 3.05) is 6.61 Å². The van der Waals surface area contributed by atoms with Gasteiger partial charge in [0.2, 0.25) is 0 Å². The van der Waals surface area contributed by atoms with Crippen molar-refractivity contribution in [1.29, 1.82) is 0 Å². The second-order valence-corrected chi connectivity index (χ2v) is 5.53. The van der Waals surface area contributed by atoms with Gasteiger partial charge in [-0.3, -0.25) is 4.79 Å². The minimum absolute atomic E-state index is 0. The van der Waals surface area contributed by atoms with Crippen molar-refractivity contribution in [3.8, 4) is 11.1 Å². The van der Waals surface area contributed by atoms with Gasteiger partial charge in [-0.2, -0.15) is 0 Å². The number of alkyl carbamates (subject to hydrolysis) is 1. The average molecular weight is 347 g/mol. The third-order valence-corrected chi connectivity index (χ3v) is 4.05. The monoisotopic (exact) mass is 347 g/mol. The van der Waals surface area contributed by atoms with Crippen LogP contribution in [0.4, 0.5) is 4.79 Å². The lowest BCUT2D eigenvalue weighted by molar-refractivity contribution is -0.138. The zero-order valence-corrected chi connectivity index (χ0v) is 13.7. The Morgan fingerprint density at radius 3 is 2.00 bits per heavy atom. The van der Waals surface area contributed by atoms with Crippen molar-refractivity contribution in [1.82, 2.24) is 5.32 Å². The molecule has 0 unspecified atom stereocenters. The van der Waals surface area contributed by atoms with Gasteiger partial charge < -0.3 is 26.1 Å². The minimum Gasteiger partial charge on any atom is -0.480 e. The van der Waals surface area contributed by atoms with E-state index in [9.17, 15) is 9.59 Å². The highest BCUT2D eigenvalue weighted by Gasteiger charge is 2.29. The first-order chi connectivity index (χ1) is 11.1. The van der Waals surface area contributed by atoms with Gasteiger partial charge in [0.15, 0.2) is 0 Å². The Labute approximate surface area is 144 Å². The molecular formula is C18H21NO6. The summed E-state index contributed by atoms with van der Waals surface area (Å²) >= 11 is 0. The number of carbonyl (C=O) groups excluding carboxylic acids is 1. The summed E-state index contributed by atoms with van der Waals surface area (Å²) in [7, 11) is 0. The highest BCUT2D eigenvalue weighted by Crippen LogP contribution is 2.44. The van der Waals surface area contributed by atoms with Crippen LogP contribution in [0, 0.1) is 0 Å². The molecule has 25 heavy (non-hydrogen) atoms. The number of hydrogen-bond donors (Lipinski definition) is 2. The number of benzene rings is 2. The van der Waals surface area contributed by atoms with Crippen LogP contribution in [0.3, 0.4) is 0 Å². The van der Waals surface area contributed by atoms with Gasteiger partial charge >= 0.3 is 12.1 Å². The molecule has 0 saturated heterocycles. The zero-order valence-electron chi connectivity index (χ0n) is 13.7. The second kappa shape index (κ2) is 8.27. The lowest BCUT2D eigenvalue weighted by Gasteiger charge is -2.15. The van der Waals surface area contributed by atoms with E-state index in [1.807, 2.05) is 36.4 Å². The third-order valence-electron chi connectivity index (χ3n) is 4.05. The maximum absolute atomic E-state index is 11.7. The standard InChI is InChI=1S/C18H17NO4.2H2O/c1-11(17(20)21)19-18(22)23-10-16-14-8-4-2-6-12(14)13-7-3-5-9-15(13)16;;/h2-9,11,16H,10H2,1H3,(H,19,22)(H,20,21);2*1H2/t11-;;/m0../s1. The summed E-state index contributed by atoms with van der Waals surface area (Å²) in [6.45, 7) is 1.57. The molecule has 0 spiro atoms. The number of fused-ring (bicyclic) bond motifs is 3. The quantitative estimate of drug-likeness (QED) is 0.861. The van der Waals surface area contributed by atoms with Crippen molar-refractivity contribution < 1.29 is 30.4 Å². The number of carboxylic acids is 1. The van der Waals surface area contributed by atoms with Gasteiger partial charge in [0.05, 0.1) is 0 Å². The van der Waals surface area contributed by atoms with Crippen LogP contribution in [0.25, 0.3) is 11.1 Å². The highest BCUT2D eigenvalue weighted by atomic mass is 16.5. The van der Waals surface area contributed by atoms with Crippen molar-refractivity contribution >= 4 is 12.1 Å². The number of rotatable bonds is 4. The molecule has 0 fully saturated rings. The average Bonchev–Trinajstić information content (AvgIpc) is 2.87. The predicted molar refractivity (Wildman–Crippen MR) is 92.5 cm³/mol. The molecule has 0 radical (unpaired) electrons. The molecule has 134 valence electrons. The molecule has 7 heteroatoms. The van der Waals surface area contributed by atoms with E-state index in [1.54, 1.807) is 0 Å². The van der Waals surface area contributed by atoms with E-state index < -0.39 is 18.1 Å². The summed E-state index contributed by atoms with van der Waals surface area (Å²) < 4.78 is 5.25. The van der Waals surface area contributed by atoms with E-state index in [4.69, 9.17) is 9.84 Å². The van der Waals surface area contributed by atoms with Crippen LogP contribution in [0.15, 0.2) is 48.5 Å². The molecular weight excluding hydrogens is 326 g/mol. The zero-order chi connectivity index (χ0) is 16.4. The molecule has 3 rings (SSSR count). The fraction of sp³-hybridized carbons (Fsp3) is 0.222. The van der Waals surface area contributed by atoms with E-state index >= 15 is 0 Å². The Balaban J connectivity index is 0.00000156. The van der Waals surface area contributed by atoms with Crippen LogP contribution in [-0.2, 0) is 9.53 Å². The van der Waals surface area contributed by atoms with Gasteiger partial charge in [0, 0.05) is 5.92 Å². The molecule has 7 nitrogen and oxygen atoms in total. The van der Waals surface area contributed by atoms with E-state index in [1.165, 1.54) is 6.92 Å². The smallest absolute Gasteiger partial charge is 0.407 e. The SMILES string of the molecule is C[C@H](NC(=O)OCC1c2ccccc2-c2ccccc21)C(=O)O.O.O. The lowest BCUT2D eigenvalue weighted by atomic mass is 9.98. The number of aliphatic carboxylic acids is 1. The molecule has 0 heterocycles.